The molecule has 2 N–H and O–H groups in total. The number of hydrogen-bond acceptors (Lipinski definition) is 2. The van der Waals surface area contributed by atoms with Gasteiger partial charge in [0.2, 0.25) is 11.8 Å². The van der Waals surface area contributed by atoms with Gasteiger partial charge in [0.05, 0.1) is 6.54 Å². The lowest BCUT2D eigenvalue weighted by atomic mass is 9.90. The van der Waals surface area contributed by atoms with Crippen molar-refractivity contribution in [2.45, 2.75) is 31.6 Å². The highest BCUT2D eigenvalue weighted by atomic mass is 35.5. The second-order valence-corrected chi connectivity index (χ2v) is 8.20. The highest BCUT2D eigenvalue weighted by Crippen LogP contribution is 2.34. The van der Waals surface area contributed by atoms with Gasteiger partial charge in [0.25, 0.3) is 0 Å². The first kappa shape index (κ1) is 20.5. The largest absolute Gasteiger partial charge is 0.361 e. The summed E-state index contributed by atoms with van der Waals surface area (Å²) in [4.78, 5) is 29.9. The van der Waals surface area contributed by atoms with Crippen molar-refractivity contribution in [2.24, 2.45) is 0 Å². The van der Waals surface area contributed by atoms with Crippen LogP contribution in [-0.2, 0) is 9.59 Å². The normalized spacial score (nSPS) is 15.8. The number of nitrogens with one attached hydrogen (secondary N) is 2. The number of hydrogen-bond donors (Lipinski definition) is 2. The number of aromatic nitrogens is 1. The second kappa shape index (κ2) is 9.35. The molecule has 1 aliphatic heterocycles. The number of aromatic amines is 1. The molecule has 1 atom stereocenters. The highest BCUT2D eigenvalue weighted by molar-refractivity contribution is 6.31. The highest BCUT2D eigenvalue weighted by Gasteiger charge is 2.23. The van der Waals surface area contributed by atoms with Crippen LogP contribution in [0.3, 0.4) is 0 Å². The zero-order valence-electron chi connectivity index (χ0n) is 16.9. The maximum Gasteiger partial charge on any atom is 0.239 e. The monoisotopic (exact) mass is 423 g/mol. The fourth-order valence-electron chi connectivity index (χ4n) is 4.18. The Kier molecular flexibility index (Phi) is 6.38. The fraction of sp³-hybridized carbons (Fsp3) is 0.333. The molecule has 0 aliphatic carbocycles. The van der Waals surface area contributed by atoms with Gasteiger partial charge in [-0.05, 0) is 36.1 Å². The molecule has 0 spiro atoms. The molecule has 3 aromatic rings. The van der Waals surface area contributed by atoms with Gasteiger partial charge in [-0.3, -0.25) is 9.59 Å². The Hall–Kier alpha value is -2.79. The van der Waals surface area contributed by atoms with Crippen LogP contribution in [0.15, 0.2) is 54.7 Å². The van der Waals surface area contributed by atoms with E-state index in [0.717, 1.165) is 41.3 Å². The second-order valence-electron chi connectivity index (χ2n) is 7.79. The Morgan fingerprint density at radius 2 is 1.87 bits per heavy atom. The van der Waals surface area contributed by atoms with Gasteiger partial charge < -0.3 is 15.2 Å². The van der Waals surface area contributed by atoms with E-state index in [0.29, 0.717) is 24.5 Å². The number of likely N-dealkylation sites (tertiary alicyclic amines) is 1. The zero-order valence-corrected chi connectivity index (χ0v) is 17.6. The van der Waals surface area contributed by atoms with Crippen molar-refractivity contribution in [1.82, 2.24) is 15.2 Å². The fourth-order valence-corrected chi connectivity index (χ4v) is 4.45. The van der Waals surface area contributed by atoms with Crippen LogP contribution < -0.4 is 5.32 Å². The summed E-state index contributed by atoms with van der Waals surface area (Å²) in [6.07, 6.45) is 5.43. The maximum atomic E-state index is 12.7. The number of benzene rings is 2. The van der Waals surface area contributed by atoms with E-state index in [1.165, 1.54) is 0 Å². The van der Waals surface area contributed by atoms with Gasteiger partial charge in [0, 0.05) is 47.6 Å². The molecule has 4 rings (SSSR count). The van der Waals surface area contributed by atoms with Crippen LogP contribution in [0.2, 0.25) is 5.02 Å². The van der Waals surface area contributed by atoms with Crippen LogP contribution in [0.4, 0.5) is 0 Å². The number of carbonyl (C=O) groups excluding carboxylic acids is 2. The standard InChI is InChI=1S/C24H26ClN3O2/c25-21-10-5-3-8-17(21)19(20-14-26-22-11-6-4-9-18(20)22)15-27-23(29)16-28-13-7-1-2-12-24(28)30/h3-6,8-11,14,19,26H,1-2,7,12-13,15-16H2,(H,27,29). The Morgan fingerprint density at radius 1 is 1.07 bits per heavy atom. The summed E-state index contributed by atoms with van der Waals surface area (Å²) in [5.74, 6) is -0.164. The van der Waals surface area contributed by atoms with E-state index in [4.69, 9.17) is 11.6 Å². The van der Waals surface area contributed by atoms with Crippen LogP contribution in [0.1, 0.15) is 42.7 Å². The summed E-state index contributed by atoms with van der Waals surface area (Å²) < 4.78 is 0. The molecule has 1 fully saturated rings. The average Bonchev–Trinajstić information content (AvgIpc) is 3.07. The third-order valence-electron chi connectivity index (χ3n) is 5.79. The van der Waals surface area contributed by atoms with Crippen molar-refractivity contribution in [3.63, 3.8) is 0 Å². The number of fused-ring (bicyclic) bond motifs is 1. The molecule has 1 saturated heterocycles. The molecule has 0 saturated carbocycles. The van der Waals surface area contributed by atoms with Gasteiger partial charge in [0.1, 0.15) is 0 Å². The Bertz CT molecular complexity index is 1050. The maximum absolute atomic E-state index is 12.7. The predicted octanol–water partition coefficient (Wildman–Crippen LogP) is 4.47. The number of para-hydroxylation sites is 1. The van der Waals surface area contributed by atoms with Crippen LogP contribution >= 0.6 is 11.6 Å². The quantitative estimate of drug-likeness (QED) is 0.614. The number of rotatable bonds is 6. The molecular weight excluding hydrogens is 398 g/mol. The summed E-state index contributed by atoms with van der Waals surface area (Å²) in [6, 6.07) is 15.8. The molecule has 2 heterocycles. The van der Waals surface area contributed by atoms with Gasteiger partial charge in [-0.25, -0.2) is 0 Å². The lowest BCUT2D eigenvalue weighted by Crippen LogP contribution is -2.41. The summed E-state index contributed by atoms with van der Waals surface area (Å²) in [6.45, 7) is 1.18. The molecule has 2 amide bonds. The Labute approximate surface area is 181 Å². The average molecular weight is 424 g/mol. The number of halogens is 1. The molecule has 1 aliphatic rings. The summed E-state index contributed by atoms with van der Waals surface area (Å²) >= 11 is 6.52. The molecule has 0 bridgehead atoms. The number of nitrogens with zero attached hydrogens (tertiary/aromatic N) is 1. The molecule has 0 radical (unpaired) electrons. The van der Waals surface area contributed by atoms with Gasteiger partial charge >= 0.3 is 0 Å². The molecule has 1 aromatic heterocycles. The van der Waals surface area contributed by atoms with Crippen molar-refractivity contribution in [1.29, 1.82) is 0 Å². The van der Waals surface area contributed by atoms with Crippen LogP contribution in [-0.4, -0.2) is 41.3 Å². The molecule has 2 aromatic carbocycles. The van der Waals surface area contributed by atoms with Crippen LogP contribution in [0, 0.1) is 0 Å². The first-order valence-electron chi connectivity index (χ1n) is 10.5. The minimum atomic E-state index is -0.137. The zero-order chi connectivity index (χ0) is 20.9. The summed E-state index contributed by atoms with van der Waals surface area (Å²) in [5.41, 5.74) is 3.10. The molecule has 1 unspecified atom stereocenters. The van der Waals surface area contributed by atoms with E-state index in [1.807, 2.05) is 48.7 Å². The first-order chi connectivity index (χ1) is 14.6. The van der Waals surface area contributed by atoms with Crippen LogP contribution in [0.5, 0.6) is 0 Å². The van der Waals surface area contributed by atoms with E-state index < -0.39 is 0 Å². The molecule has 6 heteroatoms. The molecule has 5 nitrogen and oxygen atoms in total. The molecule has 156 valence electrons. The third kappa shape index (κ3) is 4.51. The lowest BCUT2D eigenvalue weighted by Gasteiger charge is -2.22. The van der Waals surface area contributed by atoms with Crippen molar-refractivity contribution < 1.29 is 9.59 Å². The van der Waals surface area contributed by atoms with E-state index in [1.54, 1.807) is 4.90 Å². The molecule has 30 heavy (non-hydrogen) atoms. The van der Waals surface area contributed by atoms with E-state index >= 15 is 0 Å². The van der Waals surface area contributed by atoms with Gasteiger partial charge in [-0.2, -0.15) is 0 Å². The topological polar surface area (TPSA) is 65.2 Å². The smallest absolute Gasteiger partial charge is 0.239 e. The minimum absolute atomic E-state index is 0.0712. The van der Waals surface area contributed by atoms with E-state index in [2.05, 4.69) is 16.4 Å². The van der Waals surface area contributed by atoms with E-state index in [9.17, 15) is 9.59 Å². The number of carbonyl (C=O) groups is 2. The summed E-state index contributed by atoms with van der Waals surface area (Å²) in [7, 11) is 0. The minimum Gasteiger partial charge on any atom is -0.361 e. The first-order valence-corrected chi connectivity index (χ1v) is 10.9. The van der Waals surface area contributed by atoms with Crippen LogP contribution in [0.25, 0.3) is 10.9 Å². The van der Waals surface area contributed by atoms with E-state index in [-0.39, 0.29) is 24.3 Å². The lowest BCUT2D eigenvalue weighted by molar-refractivity contribution is -0.135. The Morgan fingerprint density at radius 3 is 2.73 bits per heavy atom. The number of amides is 2. The SMILES string of the molecule is O=C(CN1CCCCCC1=O)NCC(c1ccccc1Cl)c1c[nH]c2ccccc12. The number of H-pyrrole nitrogens is 1. The van der Waals surface area contributed by atoms with Crippen molar-refractivity contribution in [3.8, 4) is 0 Å². The van der Waals surface area contributed by atoms with Crippen molar-refractivity contribution in [2.75, 3.05) is 19.6 Å². The van der Waals surface area contributed by atoms with Crippen molar-refractivity contribution >= 4 is 34.3 Å². The van der Waals surface area contributed by atoms with Crippen molar-refractivity contribution in [3.05, 3.63) is 70.9 Å². The third-order valence-corrected chi connectivity index (χ3v) is 6.13. The van der Waals surface area contributed by atoms with Gasteiger partial charge in [-0.15, -0.1) is 0 Å². The molecular formula is C24H26ClN3O2. The Balaban J connectivity index is 1.54. The summed E-state index contributed by atoms with van der Waals surface area (Å²) in [5, 5.41) is 4.83. The van der Waals surface area contributed by atoms with Gasteiger partial charge in [-0.1, -0.05) is 54.4 Å². The van der Waals surface area contributed by atoms with Gasteiger partial charge in [0.15, 0.2) is 0 Å². The predicted molar refractivity (Wildman–Crippen MR) is 120 cm³/mol.